The molecule has 1 N–H and O–H groups in total. The number of amides is 2. The van der Waals surface area contributed by atoms with E-state index in [1.165, 1.54) is 11.0 Å². The van der Waals surface area contributed by atoms with E-state index >= 15 is 0 Å². The molecule has 3 aliphatic rings. The van der Waals surface area contributed by atoms with Crippen LogP contribution in [-0.4, -0.2) is 81.3 Å². The Kier molecular flexibility index (Phi) is 6.84. The van der Waals surface area contributed by atoms with Crippen molar-refractivity contribution >= 4 is 17.8 Å². The number of nitrogens with zero attached hydrogens (tertiary/aromatic N) is 2. The summed E-state index contributed by atoms with van der Waals surface area (Å²) in [4.78, 5) is 44.3. The summed E-state index contributed by atoms with van der Waals surface area (Å²) in [6, 6.07) is -1.55. The lowest BCUT2D eigenvalue weighted by Gasteiger charge is -2.43. The molecule has 1 spiro atoms. The second kappa shape index (κ2) is 8.87. The van der Waals surface area contributed by atoms with E-state index in [4.69, 9.17) is 9.47 Å². The molecular formula is C25H38N2O6. The molecule has 2 unspecified atom stereocenters. The number of rotatable bonds is 9. The third-order valence-corrected chi connectivity index (χ3v) is 7.58. The van der Waals surface area contributed by atoms with Crippen LogP contribution in [0.3, 0.4) is 0 Å². The minimum absolute atomic E-state index is 0.0410. The summed E-state index contributed by atoms with van der Waals surface area (Å²) >= 11 is 0. The first-order chi connectivity index (χ1) is 15.5. The lowest BCUT2D eigenvalue weighted by molar-refractivity contribution is -0.163. The highest BCUT2D eigenvalue weighted by Crippen LogP contribution is 2.64. The number of carbonyl (C=O) groups excluding carboxylic acids is 3. The Morgan fingerprint density at radius 3 is 2.52 bits per heavy atom. The minimum atomic E-state index is -1.14. The summed E-state index contributed by atoms with van der Waals surface area (Å²) in [5, 5.41) is 9.95. The number of hydrogen-bond donors (Lipinski definition) is 1. The van der Waals surface area contributed by atoms with Crippen molar-refractivity contribution in [2.75, 3.05) is 19.8 Å². The second-order valence-corrected chi connectivity index (χ2v) is 10.4. The van der Waals surface area contributed by atoms with Crippen molar-refractivity contribution in [2.24, 2.45) is 11.8 Å². The Morgan fingerprint density at radius 1 is 1.33 bits per heavy atom. The fraction of sp³-hybridized carbons (Fsp3) is 0.720. The van der Waals surface area contributed by atoms with E-state index in [0.29, 0.717) is 25.8 Å². The molecule has 0 saturated carbocycles. The Morgan fingerprint density at radius 2 is 2.00 bits per heavy atom. The molecule has 0 aromatic heterocycles. The molecule has 3 rings (SSSR count). The van der Waals surface area contributed by atoms with Gasteiger partial charge >= 0.3 is 5.97 Å². The van der Waals surface area contributed by atoms with Crippen LogP contribution < -0.4 is 0 Å². The first-order valence-corrected chi connectivity index (χ1v) is 11.8. The predicted molar refractivity (Wildman–Crippen MR) is 123 cm³/mol. The van der Waals surface area contributed by atoms with Crippen LogP contribution in [0.4, 0.5) is 0 Å². The molecule has 6 atom stereocenters. The molecule has 0 aromatic rings. The maximum atomic E-state index is 14.1. The van der Waals surface area contributed by atoms with Crippen molar-refractivity contribution in [2.45, 2.75) is 82.7 Å². The van der Waals surface area contributed by atoms with E-state index in [-0.39, 0.29) is 25.0 Å². The first-order valence-electron chi connectivity index (χ1n) is 11.8. The summed E-state index contributed by atoms with van der Waals surface area (Å²) in [6.07, 6.45) is 4.71. The molecule has 3 fully saturated rings. The van der Waals surface area contributed by atoms with Gasteiger partial charge in [-0.1, -0.05) is 25.7 Å². The summed E-state index contributed by atoms with van der Waals surface area (Å²) in [5.74, 6) is -2.74. The first kappa shape index (κ1) is 25.4. The van der Waals surface area contributed by atoms with Gasteiger partial charge in [0.15, 0.2) is 0 Å². The van der Waals surface area contributed by atoms with Gasteiger partial charge < -0.3 is 24.4 Å². The lowest BCUT2D eigenvalue weighted by Crippen LogP contribution is -2.61. The molecule has 3 aliphatic heterocycles. The van der Waals surface area contributed by atoms with Crippen molar-refractivity contribution in [1.29, 1.82) is 0 Å². The van der Waals surface area contributed by atoms with Crippen LogP contribution in [0.15, 0.2) is 25.3 Å². The average Bonchev–Trinajstić information content (AvgIpc) is 3.37. The van der Waals surface area contributed by atoms with Gasteiger partial charge in [0.25, 0.3) is 0 Å². The van der Waals surface area contributed by atoms with Gasteiger partial charge in [-0.05, 0) is 47.0 Å². The normalized spacial score (nSPS) is 33.6. The molecule has 3 saturated heterocycles. The van der Waals surface area contributed by atoms with Crippen LogP contribution in [0.1, 0.15) is 53.9 Å². The van der Waals surface area contributed by atoms with E-state index < -0.39 is 46.6 Å². The van der Waals surface area contributed by atoms with E-state index in [0.717, 1.165) is 0 Å². The van der Waals surface area contributed by atoms with Crippen LogP contribution in [0.25, 0.3) is 0 Å². The van der Waals surface area contributed by atoms with Crippen LogP contribution in [0, 0.1) is 11.8 Å². The van der Waals surface area contributed by atoms with Crippen molar-refractivity contribution < 1.29 is 29.0 Å². The number of aliphatic hydroxyl groups excluding tert-OH is 1. The number of hydrogen-bond acceptors (Lipinski definition) is 6. The van der Waals surface area contributed by atoms with Gasteiger partial charge in [0.2, 0.25) is 11.8 Å². The fourth-order valence-corrected chi connectivity index (χ4v) is 6.06. The fourth-order valence-electron chi connectivity index (χ4n) is 6.06. The molecule has 33 heavy (non-hydrogen) atoms. The maximum absolute atomic E-state index is 14.1. The summed E-state index contributed by atoms with van der Waals surface area (Å²) in [6.45, 7) is 16.8. The number of ether oxygens (including phenoxy) is 2. The highest BCUT2D eigenvalue weighted by Gasteiger charge is 2.79. The Hall–Kier alpha value is -2.19. The van der Waals surface area contributed by atoms with E-state index in [9.17, 15) is 19.5 Å². The van der Waals surface area contributed by atoms with E-state index in [1.54, 1.807) is 17.9 Å². The second-order valence-electron chi connectivity index (χ2n) is 10.4. The van der Waals surface area contributed by atoms with E-state index in [1.807, 2.05) is 27.7 Å². The van der Waals surface area contributed by atoms with Crippen molar-refractivity contribution in [3.8, 4) is 0 Å². The zero-order valence-electron chi connectivity index (χ0n) is 20.5. The third kappa shape index (κ3) is 3.71. The van der Waals surface area contributed by atoms with Gasteiger partial charge in [-0.3, -0.25) is 14.4 Å². The lowest BCUT2D eigenvalue weighted by atomic mass is 9.65. The molecule has 2 amide bonds. The Labute approximate surface area is 196 Å². The summed E-state index contributed by atoms with van der Waals surface area (Å²) < 4.78 is 12.1. The largest absolute Gasteiger partial charge is 0.461 e. The minimum Gasteiger partial charge on any atom is -0.461 e. The topological polar surface area (TPSA) is 96.4 Å². The number of likely N-dealkylation sites (tertiary alicyclic amines) is 1. The average molecular weight is 463 g/mol. The van der Waals surface area contributed by atoms with Gasteiger partial charge in [0.1, 0.15) is 24.2 Å². The zero-order chi connectivity index (χ0) is 24.8. The SMILES string of the molecule is C=CCOC(=O)[C@H]1[C@H]2C(=O)N([C@H](C)CO)C(C(=O)N(CC=C)C(C)(C)C)C23CC[C@]1(CC)O3. The predicted octanol–water partition coefficient (Wildman–Crippen LogP) is 2.06. The molecule has 184 valence electrons. The smallest absolute Gasteiger partial charge is 0.313 e. The highest BCUT2D eigenvalue weighted by atomic mass is 16.6. The summed E-state index contributed by atoms with van der Waals surface area (Å²) in [7, 11) is 0. The van der Waals surface area contributed by atoms with Crippen LogP contribution in [0.5, 0.6) is 0 Å². The molecule has 3 heterocycles. The number of fused-ring (bicyclic) bond motifs is 1. The quantitative estimate of drug-likeness (QED) is 0.416. The molecule has 0 aromatic carbocycles. The van der Waals surface area contributed by atoms with Gasteiger partial charge in [-0.2, -0.15) is 0 Å². The zero-order valence-corrected chi connectivity index (χ0v) is 20.5. The maximum Gasteiger partial charge on any atom is 0.313 e. The highest BCUT2D eigenvalue weighted by molar-refractivity contribution is 5.99. The summed E-state index contributed by atoms with van der Waals surface area (Å²) in [5.41, 5.74) is -2.52. The molecule has 0 radical (unpaired) electrons. The van der Waals surface area contributed by atoms with Gasteiger partial charge in [0.05, 0.1) is 24.2 Å². The van der Waals surface area contributed by atoms with Crippen molar-refractivity contribution in [1.82, 2.24) is 9.80 Å². The number of esters is 1. The molecular weight excluding hydrogens is 424 g/mol. The van der Waals surface area contributed by atoms with Gasteiger partial charge in [0, 0.05) is 12.1 Å². The molecule has 8 heteroatoms. The number of carbonyl (C=O) groups is 3. The molecule has 0 aliphatic carbocycles. The van der Waals surface area contributed by atoms with Crippen molar-refractivity contribution in [3.05, 3.63) is 25.3 Å². The van der Waals surface area contributed by atoms with Gasteiger partial charge in [-0.15, -0.1) is 6.58 Å². The Balaban J connectivity index is 2.15. The standard InChI is InChI=1S/C25H38N2O6/c1-8-13-26(23(5,6)7)21(30)19-25-12-11-24(10-3,33-25)18(22(31)32-14-9-2)17(25)20(29)27(19)16(4)15-28/h8-9,16-19,28H,1-2,10-15H2,3-7H3/t16-,17+,18-,19?,24+,25?/m1/s1. The third-order valence-electron chi connectivity index (χ3n) is 7.58. The van der Waals surface area contributed by atoms with Crippen LogP contribution in [0.2, 0.25) is 0 Å². The molecule has 2 bridgehead atoms. The monoisotopic (exact) mass is 462 g/mol. The van der Waals surface area contributed by atoms with Crippen LogP contribution in [-0.2, 0) is 23.9 Å². The number of aliphatic hydroxyl groups is 1. The van der Waals surface area contributed by atoms with Crippen molar-refractivity contribution in [3.63, 3.8) is 0 Å². The van der Waals surface area contributed by atoms with E-state index in [2.05, 4.69) is 13.2 Å². The molecule has 8 nitrogen and oxygen atoms in total. The van der Waals surface area contributed by atoms with Gasteiger partial charge in [-0.25, -0.2) is 0 Å². The Bertz CT molecular complexity index is 835. The van der Waals surface area contributed by atoms with Crippen LogP contribution >= 0.6 is 0 Å².